The van der Waals surface area contributed by atoms with E-state index >= 15 is 0 Å². The maximum Gasteiger partial charge on any atom is 0.261 e. The first-order valence-electron chi connectivity index (χ1n) is 15.2. The van der Waals surface area contributed by atoms with Gasteiger partial charge in [0.25, 0.3) is 8.32 Å². The third kappa shape index (κ3) is 7.18. The van der Waals surface area contributed by atoms with Gasteiger partial charge in [-0.15, -0.1) is 0 Å². The van der Waals surface area contributed by atoms with Crippen LogP contribution < -0.4 is 10.4 Å². The molecule has 1 fully saturated rings. The smallest absolute Gasteiger partial charge is 0.261 e. The van der Waals surface area contributed by atoms with E-state index in [0.29, 0.717) is 26.2 Å². The predicted molar refractivity (Wildman–Crippen MR) is 174 cm³/mol. The van der Waals surface area contributed by atoms with Crippen molar-refractivity contribution in [3.63, 3.8) is 0 Å². The van der Waals surface area contributed by atoms with Crippen molar-refractivity contribution in [1.82, 2.24) is 0 Å². The SMILES string of the molecule is CC(C)(C)[Si](OC[C@H]1C[C@@H](O)[C@@H](O)[C@H](OCc2ccccc2)[C@H]1OCc1ccccc1)(c1ccccc1)c1ccccc1. The van der Waals surface area contributed by atoms with Crippen molar-refractivity contribution in [3.8, 4) is 0 Å². The van der Waals surface area contributed by atoms with E-state index in [1.165, 1.54) is 10.4 Å². The van der Waals surface area contributed by atoms with Crippen LogP contribution in [0, 0.1) is 5.92 Å². The van der Waals surface area contributed by atoms with Gasteiger partial charge >= 0.3 is 0 Å². The zero-order chi connectivity index (χ0) is 30.3. The van der Waals surface area contributed by atoms with Crippen LogP contribution in [0.2, 0.25) is 5.04 Å². The number of aliphatic hydroxyl groups excluding tert-OH is 2. The molecule has 0 unspecified atom stereocenters. The summed E-state index contributed by atoms with van der Waals surface area (Å²) in [6.45, 7) is 7.81. The number of benzene rings is 4. The lowest BCUT2D eigenvalue weighted by molar-refractivity contribution is -0.205. The highest BCUT2D eigenvalue weighted by molar-refractivity contribution is 6.99. The normalized spacial score (nSPS) is 22.8. The largest absolute Gasteiger partial charge is 0.407 e. The topological polar surface area (TPSA) is 68.2 Å². The molecule has 4 aromatic rings. The summed E-state index contributed by atoms with van der Waals surface area (Å²) in [6.07, 6.45) is -2.89. The average molecular weight is 597 g/mol. The summed E-state index contributed by atoms with van der Waals surface area (Å²) in [4.78, 5) is 0. The fourth-order valence-corrected chi connectivity index (χ4v) is 11.0. The van der Waals surface area contributed by atoms with Crippen molar-refractivity contribution in [2.24, 2.45) is 5.92 Å². The number of hydrogen-bond donors (Lipinski definition) is 2. The van der Waals surface area contributed by atoms with Gasteiger partial charge in [-0.3, -0.25) is 0 Å². The zero-order valence-electron chi connectivity index (χ0n) is 25.4. The monoisotopic (exact) mass is 596 g/mol. The number of aliphatic hydroxyl groups is 2. The first-order valence-corrected chi connectivity index (χ1v) is 17.1. The molecule has 0 radical (unpaired) electrons. The number of ether oxygens (including phenoxy) is 2. The van der Waals surface area contributed by atoms with Crippen LogP contribution in [0.25, 0.3) is 0 Å². The Balaban J connectivity index is 1.48. The molecule has 5 rings (SSSR count). The lowest BCUT2D eigenvalue weighted by Crippen LogP contribution is -2.67. The molecule has 5 atom stereocenters. The van der Waals surface area contributed by atoms with Crippen LogP contribution in [0.3, 0.4) is 0 Å². The summed E-state index contributed by atoms with van der Waals surface area (Å²) in [5.41, 5.74) is 2.04. The summed E-state index contributed by atoms with van der Waals surface area (Å²) >= 11 is 0. The summed E-state index contributed by atoms with van der Waals surface area (Å²) in [6, 6.07) is 41.0. The molecule has 0 spiro atoms. The van der Waals surface area contributed by atoms with Gasteiger partial charge in [0.15, 0.2) is 0 Å². The van der Waals surface area contributed by atoms with Crippen LogP contribution in [0.5, 0.6) is 0 Å². The minimum absolute atomic E-state index is 0.188. The van der Waals surface area contributed by atoms with E-state index in [1.807, 2.05) is 72.8 Å². The van der Waals surface area contributed by atoms with Gasteiger partial charge in [-0.2, -0.15) is 0 Å². The van der Waals surface area contributed by atoms with Gasteiger partial charge in [0.05, 0.1) is 25.4 Å². The molecule has 0 amide bonds. The van der Waals surface area contributed by atoms with E-state index < -0.39 is 32.7 Å². The fourth-order valence-electron chi connectivity index (χ4n) is 6.38. The Bertz CT molecular complexity index is 1340. The predicted octanol–water partition coefficient (Wildman–Crippen LogP) is 5.48. The van der Waals surface area contributed by atoms with Crippen LogP contribution in [-0.4, -0.2) is 49.6 Å². The van der Waals surface area contributed by atoms with Crippen molar-refractivity contribution < 1.29 is 24.1 Å². The van der Waals surface area contributed by atoms with Crippen molar-refractivity contribution in [3.05, 3.63) is 132 Å². The molecular weight excluding hydrogens is 552 g/mol. The molecule has 5 nitrogen and oxygen atoms in total. The Morgan fingerprint density at radius 2 is 1.05 bits per heavy atom. The molecular formula is C37H44O5Si. The Morgan fingerprint density at radius 3 is 1.49 bits per heavy atom. The van der Waals surface area contributed by atoms with Gasteiger partial charge in [-0.05, 0) is 33.0 Å². The van der Waals surface area contributed by atoms with E-state index in [0.717, 1.165) is 11.1 Å². The highest BCUT2D eigenvalue weighted by atomic mass is 28.4. The van der Waals surface area contributed by atoms with Crippen molar-refractivity contribution in [2.45, 2.75) is 69.9 Å². The lowest BCUT2D eigenvalue weighted by Gasteiger charge is -2.47. The van der Waals surface area contributed by atoms with Crippen LogP contribution in [0.15, 0.2) is 121 Å². The maximum absolute atomic E-state index is 11.2. The Hall–Kier alpha value is -3.10. The van der Waals surface area contributed by atoms with E-state index in [4.69, 9.17) is 13.9 Å². The molecule has 0 aromatic heterocycles. The first kappa shape index (κ1) is 31.3. The number of rotatable bonds is 11. The van der Waals surface area contributed by atoms with E-state index in [1.54, 1.807) is 0 Å². The van der Waals surface area contributed by atoms with Crippen molar-refractivity contribution in [2.75, 3.05) is 6.61 Å². The zero-order valence-corrected chi connectivity index (χ0v) is 26.4. The summed E-state index contributed by atoms with van der Waals surface area (Å²) in [5.74, 6) is -0.204. The van der Waals surface area contributed by atoms with E-state index in [9.17, 15) is 10.2 Å². The van der Waals surface area contributed by atoms with Gasteiger partial charge in [0, 0.05) is 12.5 Å². The van der Waals surface area contributed by atoms with Gasteiger partial charge in [0.1, 0.15) is 12.2 Å². The molecule has 2 N–H and O–H groups in total. The maximum atomic E-state index is 11.2. The van der Waals surface area contributed by atoms with Crippen molar-refractivity contribution >= 4 is 18.7 Å². The molecule has 1 aliphatic carbocycles. The van der Waals surface area contributed by atoms with Crippen LogP contribution in [0.1, 0.15) is 38.3 Å². The Labute approximate surface area is 257 Å². The molecule has 4 aromatic carbocycles. The standard InChI is InChI=1S/C37H44O5Si/c1-37(2,3)43(31-20-12-6-13-21-31,32-22-14-7-15-23-32)42-27-30-24-33(38)34(39)36(41-26-29-18-10-5-11-19-29)35(30)40-25-28-16-8-4-9-17-28/h4-23,30,33-36,38-39H,24-27H2,1-3H3/t30-,33-,34-,35+,36+/m1/s1. The summed E-state index contributed by atoms with van der Waals surface area (Å²) in [5, 5.41) is 24.5. The molecule has 0 aliphatic heterocycles. The molecule has 1 aliphatic rings. The van der Waals surface area contributed by atoms with Crippen molar-refractivity contribution in [1.29, 1.82) is 0 Å². The van der Waals surface area contributed by atoms with E-state index in [2.05, 4.69) is 69.3 Å². The summed E-state index contributed by atoms with van der Waals surface area (Å²) < 4.78 is 20.3. The minimum atomic E-state index is -2.82. The summed E-state index contributed by atoms with van der Waals surface area (Å²) in [7, 11) is -2.82. The molecule has 1 saturated carbocycles. The second-order valence-electron chi connectivity index (χ2n) is 12.6. The third-order valence-corrected chi connectivity index (χ3v) is 13.6. The Kier molecular flexibility index (Phi) is 10.3. The average Bonchev–Trinajstić information content (AvgIpc) is 3.03. The van der Waals surface area contributed by atoms with Crippen LogP contribution >= 0.6 is 0 Å². The third-order valence-electron chi connectivity index (χ3n) is 8.56. The molecule has 226 valence electrons. The van der Waals surface area contributed by atoms with E-state index in [-0.39, 0.29) is 11.0 Å². The molecule has 0 bridgehead atoms. The van der Waals surface area contributed by atoms with Gasteiger partial charge in [-0.1, -0.05) is 142 Å². The van der Waals surface area contributed by atoms with Crippen LogP contribution in [0.4, 0.5) is 0 Å². The van der Waals surface area contributed by atoms with Gasteiger partial charge in [-0.25, -0.2) is 0 Å². The molecule has 0 saturated heterocycles. The first-order chi connectivity index (χ1) is 20.8. The number of hydrogen-bond acceptors (Lipinski definition) is 5. The highest BCUT2D eigenvalue weighted by Crippen LogP contribution is 2.39. The van der Waals surface area contributed by atoms with Crippen LogP contribution in [-0.2, 0) is 27.1 Å². The quantitative estimate of drug-likeness (QED) is 0.225. The Morgan fingerprint density at radius 1 is 0.628 bits per heavy atom. The molecule has 0 heterocycles. The van der Waals surface area contributed by atoms with Gasteiger partial charge < -0.3 is 24.1 Å². The fraction of sp³-hybridized carbons (Fsp3) is 0.351. The second-order valence-corrected chi connectivity index (χ2v) is 16.9. The lowest BCUT2D eigenvalue weighted by atomic mass is 9.81. The van der Waals surface area contributed by atoms with Gasteiger partial charge in [0.2, 0.25) is 0 Å². The molecule has 6 heteroatoms. The highest BCUT2D eigenvalue weighted by Gasteiger charge is 2.52. The molecule has 43 heavy (non-hydrogen) atoms. The second kappa shape index (κ2) is 14.1. The minimum Gasteiger partial charge on any atom is -0.407 e.